The van der Waals surface area contributed by atoms with E-state index in [0.29, 0.717) is 31.6 Å². The molecule has 4 aliphatic rings. The maximum absolute atomic E-state index is 12.6. The molecule has 6 rings (SSSR count). The monoisotopic (exact) mass is 565 g/mol. The largest absolute Gasteiger partial charge is 0.393 e. The normalized spacial score (nSPS) is 36.1. The van der Waals surface area contributed by atoms with Gasteiger partial charge in [-0.05, 0) is 91.5 Å². The summed E-state index contributed by atoms with van der Waals surface area (Å²) in [6.07, 6.45) is 7.71. The summed E-state index contributed by atoms with van der Waals surface area (Å²) >= 11 is 4.07. The molecule has 0 saturated heterocycles. The van der Waals surface area contributed by atoms with Crippen molar-refractivity contribution in [1.29, 1.82) is 0 Å². The number of benzene rings is 1. The van der Waals surface area contributed by atoms with Crippen molar-refractivity contribution in [3.05, 3.63) is 52.9 Å². The summed E-state index contributed by atoms with van der Waals surface area (Å²) in [6, 6.07) is 7.47. The predicted molar refractivity (Wildman–Crippen MR) is 154 cm³/mol. The van der Waals surface area contributed by atoms with Crippen LogP contribution in [0.25, 0.3) is 11.8 Å². The first-order valence-corrected chi connectivity index (χ1v) is 14.8. The van der Waals surface area contributed by atoms with Crippen molar-refractivity contribution >= 4 is 29.7 Å². The van der Waals surface area contributed by atoms with Crippen LogP contribution in [0.1, 0.15) is 67.6 Å². The quantitative estimate of drug-likeness (QED) is 0.315. The van der Waals surface area contributed by atoms with Crippen molar-refractivity contribution in [3.63, 3.8) is 0 Å². The fraction of sp³-hybridized carbons (Fsp3) is 0.581. The van der Waals surface area contributed by atoms with Crippen molar-refractivity contribution in [1.82, 2.24) is 15.1 Å². The second-order valence-electron chi connectivity index (χ2n) is 12.8. The average molecular weight is 566 g/mol. The van der Waals surface area contributed by atoms with Crippen LogP contribution in [-0.2, 0) is 16.0 Å². The third kappa shape index (κ3) is 3.95. The number of thiol groups is 1. The second kappa shape index (κ2) is 9.82. The molecule has 0 radical (unpaired) electrons. The first kappa shape index (κ1) is 27.7. The number of aliphatic hydroxyl groups excluding tert-OH is 1. The van der Waals surface area contributed by atoms with E-state index in [9.17, 15) is 19.8 Å². The molecule has 0 spiro atoms. The van der Waals surface area contributed by atoms with Crippen LogP contribution in [0.15, 0.2) is 36.0 Å². The number of fused-ring (bicyclic) bond motifs is 6. The van der Waals surface area contributed by atoms with Gasteiger partial charge < -0.3 is 20.3 Å². The zero-order chi connectivity index (χ0) is 28.4. The number of amides is 1. The fourth-order valence-corrected chi connectivity index (χ4v) is 9.26. The number of hydrogen-bond donors (Lipinski definition) is 4. The Kier molecular flexibility index (Phi) is 6.80. The Hall–Kier alpha value is -2.46. The van der Waals surface area contributed by atoms with Gasteiger partial charge in [-0.1, -0.05) is 25.5 Å². The number of hydrogen-bond acceptors (Lipinski definition) is 6. The predicted octanol–water partition coefficient (Wildman–Crippen LogP) is 3.59. The molecule has 1 heterocycles. The minimum Gasteiger partial charge on any atom is -0.393 e. The smallest absolute Gasteiger partial charge is 0.251 e. The Labute approximate surface area is 240 Å². The maximum Gasteiger partial charge on any atom is 0.251 e. The standard InChI is InChI=1S/C31H39N3O5S/c1-29-15-19-17-33-34(21-6-4-5-18(13-21)27(36)32-11-12-39-3)24(19)14-20(29)7-8-22-23-9-10-31(38,28(37)40)30(23,2)16-25(35)26(22)29/h4-6,13-14,17,22-23,25-26,35,38H,7-12,15-16H2,1-3H3,(H,32,36)(H,37,40)/t22-,23-,25-,26+,29-,30-,31-/m0/s1. The molecule has 8 nitrogen and oxygen atoms in total. The van der Waals surface area contributed by atoms with E-state index in [1.165, 1.54) is 5.57 Å². The van der Waals surface area contributed by atoms with Gasteiger partial charge in [-0.15, -0.1) is 12.6 Å². The molecule has 0 bridgehead atoms. The van der Waals surface area contributed by atoms with Gasteiger partial charge in [-0.2, -0.15) is 5.10 Å². The molecule has 0 aliphatic heterocycles. The highest BCUT2D eigenvalue weighted by atomic mass is 32.1. The average Bonchev–Trinajstić information content (AvgIpc) is 3.44. The van der Waals surface area contributed by atoms with Crippen LogP contribution in [-0.4, -0.2) is 63.0 Å². The third-order valence-corrected chi connectivity index (χ3v) is 11.2. The number of nitrogens with one attached hydrogen (secondary N) is 1. The van der Waals surface area contributed by atoms with Crippen molar-refractivity contribution in [2.45, 2.75) is 64.1 Å². The summed E-state index contributed by atoms with van der Waals surface area (Å²) in [6.45, 7) is 5.16. The van der Waals surface area contributed by atoms with Gasteiger partial charge in [0.1, 0.15) is 5.60 Å². The van der Waals surface area contributed by atoms with Crippen molar-refractivity contribution in [3.8, 4) is 5.69 Å². The van der Waals surface area contributed by atoms with Crippen molar-refractivity contribution in [2.24, 2.45) is 28.6 Å². The number of aliphatic hydroxyl groups is 2. The van der Waals surface area contributed by atoms with Gasteiger partial charge in [0.25, 0.3) is 5.91 Å². The van der Waals surface area contributed by atoms with E-state index in [1.54, 1.807) is 13.2 Å². The lowest BCUT2D eigenvalue weighted by Gasteiger charge is -2.60. The zero-order valence-electron chi connectivity index (χ0n) is 23.4. The summed E-state index contributed by atoms with van der Waals surface area (Å²) in [7, 11) is 1.60. The van der Waals surface area contributed by atoms with Gasteiger partial charge in [-0.25, -0.2) is 4.68 Å². The van der Waals surface area contributed by atoms with Crippen LogP contribution < -0.4 is 5.32 Å². The van der Waals surface area contributed by atoms with Crippen LogP contribution in [0.3, 0.4) is 0 Å². The van der Waals surface area contributed by atoms with E-state index in [2.05, 4.69) is 30.9 Å². The molecule has 1 aromatic carbocycles. The summed E-state index contributed by atoms with van der Waals surface area (Å²) in [5, 5.41) is 30.2. The summed E-state index contributed by atoms with van der Waals surface area (Å²) < 4.78 is 6.94. The van der Waals surface area contributed by atoms with Gasteiger partial charge in [0.05, 0.1) is 30.3 Å². The van der Waals surface area contributed by atoms with Gasteiger partial charge in [0.2, 0.25) is 5.12 Å². The Morgan fingerprint density at radius 3 is 2.83 bits per heavy atom. The minimum atomic E-state index is -1.49. The zero-order valence-corrected chi connectivity index (χ0v) is 24.3. The van der Waals surface area contributed by atoms with Crippen LogP contribution in [0.5, 0.6) is 0 Å². The Morgan fingerprint density at radius 1 is 1.27 bits per heavy atom. The van der Waals surface area contributed by atoms with Gasteiger partial charge in [-0.3, -0.25) is 9.59 Å². The number of methoxy groups -OCH3 is 1. The van der Waals surface area contributed by atoms with Crippen molar-refractivity contribution in [2.75, 3.05) is 20.3 Å². The SMILES string of the molecule is COCCNC(=O)c1cccc(-n2ncc3c2C=C2CC[C@@H]4[C@H]([C@@H](O)C[C@@]5(C)[C@H]4CC[C@]5(O)C(=O)S)[C@@]2(C)C3)c1. The van der Waals surface area contributed by atoms with E-state index in [4.69, 9.17) is 9.84 Å². The summed E-state index contributed by atoms with van der Waals surface area (Å²) in [5.41, 5.74) is 2.46. The van der Waals surface area contributed by atoms with Gasteiger partial charge in [0, 0.05) is 24.6 Å². The Bertz CT molecular complexity index is 1390. The molecule has 3 fully saturated rings. The molecule has 3 N–H and O–H groups in total. The first-order chi connectivity index (χ1) is 19.0. The lowest BCUT2D eigenvalue weighted by Crippen LogP contribution is -2.61. The lowest BCUT2D eigenvalue weighted by molar-refractivity contribution is -0.173. The van der Waals surface area contributed by atoms with Crippen LogP contribution in [0.4, 0.5) is 0 Å². The molecule has 2 aromatic rings. The van der Waals surface area contributed by atoms with Gasteiger partial charge >= 0.3 is 0 Å². The number of ether oxygens (including phenoxy) is 1. The first-order valence-electron chi connectivity index (χ1n) is 14.3. The minimum absolute atomic E-state index is 0.0403. The van der Waals surface area contributed by atoms with Crippen molar-refractivity contribution < 1.29 is 24.5 Å². The lowest BCUT2D eigenvalue weighted by atomic mass is 9.45. The number of carbonyl (C=O) groups excluding carboxylic acids is 2. The van der Waals surface area contributed by atoms with Crippen LogP contribution in [0.2, 0.25) is 0 Å². The van der Waals surface area contributed by atoms with E-state index < -0.39 is 22.2 Å². The number of aromatic nitrogens is 2. The molecule has 9 heteroatoms. The Morgan fingerprint density at radius 2 is 2.08 bits per heavy atom. The molecule has 1 aromatic heterocycles. The third-order valence-electron chi connectivity index (χ3n) is 10.9. The number of rotatable bonds is 6. The highest BCUT2D eigenvalue weighted by Crippen LogP contribution is 2.67. The number of carbonyl (C=O) groups is 2. The molecule has 1 amide bonds. The molecule has 214 valence electrons. The molecule has 4 aliphatic carbocycles. The molecular weight excluding hydrogens is 526 g/mol. The van der Waals surface area contributed by atoms with Gasteiger partial charge in [0.15, 0.2) is 0 Å². The number of allylic oxidation sites excluding steroid dienone is 1. The van der Waals surface area contributed by atoms with E-state index in [1.807, 2.05) is 36.0 Å². The van der Waals surface area contributed by atoms with E-state index in [-0.39, 0.29) is 29.1 Å². The fourth-order valence-electron chi connectivity index (χ4n) is 8.89. The molecule has 40 heavy (non-hydrogen) atoms. The Balaban J connectivity index is 1.30. The van der Waals surface area contributed by atoms with Crippen LogP contribution >= 0.6 is 12.6 Å². The number of nitrogens with zero attached hydrogens (tertiary/aromatic N) is 2. The molecule has 7 atom stereocenters. The van der Waals surface area contributed by atoms with E-state index >= 15 is 0 Å². The van der Waals surface area contributed by atoms with E-state index in [0.717, 1.165) is 42.6 Å². The highest BCUT2D eigenvalue weighted by Gasteiger charge is 2.68. The topological polar surface area (TPSA) is 114 Å². The highest BCUT2D eigenvalue weighted by molar-refractivity contribution is 7.96. The molecule has 3 saturated carbocycles. The molecular formula is C31H39N3O5S. The second-order valence-corrected chi connectivity index (χ2v) is 13.2. The summed E-state index contributed by atoms with van der Waals surface area (Å²) in [4.78, 5) is 25.1. The maximum atomic E-state index is 12.6. The van der Waals surface area contributed by atoms with Crippen LogP contribution in [0, 0.1) is 28.6 Å². The molecule has 0 unspecified atom stereocenters. The summed E-state index contributed by atoms with van der Waals surface area (Å²) in [5.74, 6) is 0.282.